The van der Waals surface area contributed by atoms with Gasteiger partial charge in [0.2, 0.25) is 0 Å². The molecule has 1 atom stereocenters. The lowest BCUT2D eigenvalue weighted by molar-refractivity contribution is 0.454. The lowest BCUT2D eigenvalue weighted by atomic mass is 10.1. The van der Waals surface area contributed by atoms with E-state index in [1.165, 1.54) is 17.3 Å². The van der Waals surface area contributed by atoms with Gasteiger partial charge in [-0.05, 0) is 42.9 Å². The Morgan fingerprint density at radius 3 is 2.94 bits per heavy atom. The van der Waals surface area contributed by atoms with Crippen LogP contribution in [0.2, 0.25) is 5.02 Å². The van der Waals surface area contributed by atoms with E-state index in [2.05, 4.69) is 30.2 Å². The zero-order valence-electron chi connectivity index (χ0n) is 10.3. The monoisotopic (exact) mass is 282 g/mol. The molecule has 2 aromatic rings. The highest BCUT2D eigenvalue weighted by molar-refractivity contribution is 7.99. The van der Waals surface area contributed by atoms with Gasteiger partial charge in [0.25, 0.3) is 5.22 Å². The number of benzene rings is 1. The van der Waals surface area contributed by atoms with Crippen LogP contribution in [0.1, 0.15) is 25.5 Å². The summed E-state index contributed by atoms with van der Waals surface area (Å²) in [4.78, 5) is 5.02. The average molecular weight is 283 g/mol. The van der Waals surface area contributed by atoms with E-state index < -0.39 is 0 Å². The van der Waals surface area contributed by atoms with E-state index >= 15 is 0 Å². The summed E-state index contributed by atoms with van der Waals surface area (Å²) >= 11 is 7.70. The minimum Gasteiger partial charge on any atom is -0.440 e. The van der Waals surface area contributed by atoms with E-state index in [0.29, 0.717) is 11.3 Å². The fourth-order valence-electron chi connectivity index (χ4n) is 1.65. The molecule has 0 spiro atoms. The lowest BCUT2D eigenvalue weighted by Crippen LogP contribution is -2.17. The number of rotatable bonds is 5. The molecule has 0 bridgehead atoms. The Kier molecular flexibility index (Phi) is 4.69. The van der Waals surface area contributed by atoms with Crippen LogP contribution in [0.15, 0.2) is 45.2 Å². The zero-order valence-corrected chi connectivity index (χ0v) is 11.9. The summed E-state index contributed by atoms with van der Waals surface area (Å²) in [5.74, 6) is 0. The van der Waals surface area contributed by atoms with Crippen LogP contribution in [0.4, 0.5) is 0 Å². The summed E-state index contributed by atoms with van der Waals surface area (Å²) in [7, 11) is 0. The molecule has 0 aliphatic heterocycles. The second-order valence-electron chi connectivity index (χ2n) is 3.87. The number of hydrogen-bond acceptors (Lipinski definition) is 4. The number of aromatic nitrogens is 1. The minimum atomic E-state index is 0.299. The number of halogens is 1. The Labute approximate surface area is 116 Å². The predicted molar refractivity (Wildman–Crippen MR) is 74.2 cm³/mol. The van der Waals surface area contributed by atoms with Crippen molar-refractivity contribution in [3.05, 3.63) is 41.2 Å². The minimum absolute atomic E-state index is 0.299. The lowest BCUT2D eigenvalue weighted by Gasteiger charge is -2.13. The van der Waals surface area contributed by atoms with Crippen LogP contribution in [0.5, 0.6) is 0 Å². The molecule has 1 heterocycles. The van der Waals surface area contributed by atoms with Gasteiger partial charge in [-0.25, -0.2) is 4.98 Å². The van der Waals surface area contributed by atoms with E-state index in [1.54, 1.807) is 12.5 Å². The van der Waals surface area contributed by atoms with Gasteiger partial charge in [0.1, 0.15) is 6.26 Å². The Balaban J connectivity index is 2.14. The topological polar surface area (TPSA) is 38.1 Å². The SMILES string of the molecule is CCNC(C)c1ccc(Sc2ncco2)c(Cl)c1. The number of oxazole rings is 1. The summed E-state index contributed by atoms with van der Waals surface area (Å²) in [6.07, 6.45) is 3.18. The van der Waals surface area contributed by atoms with Crippen LogP contribution in [-0.4, -0.2) is 11.5 Å². The number of nitrogens with zero attached hydrogens (tertiary/aromatic N) is 1. The second kappa shape index (κ2) is 6.27. The van der Waals surface area contributed by atoms with Crippen LogP contribution < -0.4 is 5.32 Å². The van der Waals surface area contributed by atoms with Crippen LogP contribution in [0.3, 0.4) is 0 Å². The summed E-state index contributed by atoms with van der Waals surface area (Å²) in [5, 5.41) is 4.68. The molecule has 96 valence electrons. The van der Waals surface area contributed by atoms with Gasteiger partial charge in [-0.1, -0.05) is 24.6 Å². The normalized spacial score (nSPS) is 12.6. The molecule has 0 amide bonds. The first-order valence-corrected chi connectivity index (χ1v) is 7.00. The molecular formula is C13H15ClN2OS. The predicted octanol–water partition coefficient (Wildman–Crippen LogP) is 4.15. The highest BCUT2D eigenvalue weighted by Gasteiger charge is 2.09. The van der Waals surface area contributed by atoms with Gasteiger partial charge in [-0.15, -0.1) is 0 Å². The van der Waals surface area contributed by atoms with Crippen molar-refractivity contribution in [1.82, 2.24) is 10.3 Å². The maximum Gasteiger partial charge on any atom is 0.260 e. The maximum absolute atomic E-state index is 6.27. The summed E-state index contributed by atoms with van der Waals surface area (Å²) in [6.45, 7) is 5.15. The van der Waals surface area contributed by atoms with Crippen LogP contribution in [0.25, 0.3) is 0 Å². The third kappa shape index (κ3) is 3.28. The summed E-state index contributed by atoms with van der Waals surface area (Å²) in [5.41, 5.74) is 1.18. The van der Waals surface area contributed by atoms with E-state index in [4.69, 9.17) is 16.0 Å². The molecule has 1 aromatic carbocycles. The maximum atomic E-state index is 6.27. The van der Waals surface area contributed by atoms with Gasteiger partial charge in [0, 0.05) is 10.9 Å². The molecule has 18 heavy (non-hydrogen) atoms. The van der Waals surface area contributed by atoms with Gasteiger partial charge >= 0.3 is 0 Å². The first-order valence-electron chi connectivity index (χ1n) is 5.81. The van der Waals surface area contributed by atoms with Crippen molar-refractivity contribution in [2.24, 2.45) is 0 Å². The molecule has 0 aliphatic carbocycles. The fourth-order valence-corrected chi connectivity index (χ4v) is 2.65. The molecule has 2 rings (SSSR count). The summed E-state index contributed by atoms with van der Waals surface area (Å²) in [6, 6.07) is 6.36. The van der Waals surface area contributed by atoms with Gasteiger partial charge in [-0.3, -0.25) is 0 Å². The van der Waals surface area contributed by atoms with E-state index in [1.807, 2.05) is 12.1 Å². The van der Waals surface area contributed by atoms with Crippen molar-refractivity contribution in [3.8, 4) is 0 Å². The molecule has 0 fully saturated rings. The molecule has 5 heteroatoms. The van der Waals surface area contributed by atoms with Crippen molar-refractivity contribution in [2.45, 2.75) is 30.0 Å². The quantitative estimate of drug-likeness (QED) is 0.894. The Morgan fingerprint density at radius 1 is 1.50 bits per heavy atom. The standard InChI is InChI=1S/C13H15ClN2OS/c1-3-15-9(2)10-4-5-12(11(14)8-10)18-13-16-6-7-17-13/h4-9,15H,3H2,1-2H3. The van der Waals surface area contributed by atoms with E-state index in [0.717, 1.165) is 16.5 Å². The van der Waals surface area contributed by atoms with Crippen molar-refractivity contribution in [3.63, 3.8) is 0 Å². The molecule has 1 N–H and O–H groups in total. The van der Waals surface area contributed by atoms with Crippen LogP contribution in [-0.2, 0) is 0 Å². The van der Waals surface area contributed by atoms with E-state index in [9.17, 15) is 0 Å². The van der Waals surface area contributed by atoms with Gasteiger partial charge in [0.15, 0.2) is 0 Å². The number of nitrogens with one attached hydrogen (secondary N) is 1. The molecule has 1 aromatic heterocycles. The largest absolute Gasteiger partial charge is 0.440 e. The van der Waals surface area contributed by atoms with E-state index in [-0.39, 0.29) is 0 Å². The first kappa shape index (κ1) is 13.5. The van der Waals surface area contributed by atoms with Crippen LogP contribution >= 0.6 is 23.4 Å². The average Bonchev–Trinajstić information content (AvgIpc) is 2.85. The third-order valence-corrected chi connectivity index (χ3v) is 3.95. The molecular weight excluding hydrogens is 268 g/mol. The van der Waals surface area contributed by atoms with Crippen molar-refractivity contribution < 1.29 is 4.42 Å². The molecule has 3 nitrogen and oxygen atoms in total. The molecule has 0 saturated heterocycles. The Morgan fingerprint density at radius 2 is 2.33 bits per heavy atom. The molecule has 0 radical (unpaired) electrons. The van der Waals surface area contributed by atoms with Crippen LogP contribution in [0, 0.1) is 0 Å². The highest BCUT2D eigenvalue weighted by Crippen LogP contribution is 2.33. The third-order valence-electron chi connectivity index (χ3n) is 2.57. The molecule has 0 aliphatic rings. The van der Waals surface area contributed by atoms with Crippen molar-refractivity contribution in [2.75, 3.05) is 6.54 Å². The molecule has 0 saturated carbocycles. The van der Waals surface area contributed by atoms with Crippen molar-refractivity contribution >= 4 is 23.4 Å². The fraction of sp³-hybridized carbons (Fsp3) is 0.308. The number of hydrogen-bond donors (Lipinski definition) is 1. The summed E-state index contributed by atoms with van der Waals surface area (Å²) < 4.78 is 5.19. The Bertz CT molecular complexity index is 502. The first-order chi connectivity index (χ1) is 8.70. The second-order valence-corrected chi connectivity index (χ2v) is 5.27. The van der Waals surface area contributed by atoms with Crippen molar-refractivity contribution in [1.29, 1.82) is 0 Å². The van der Waals surface area contributed by atoms with Gasteiger partial charge in [-0.2, -0.15) is 0 Å². The highest BCUT2D eigenvalue weighted by atomic mass is 35.5. The Hall–Kier alpha value is -0.970. The zero-order chi connectivity index (χ0) is 13.0. The smallest absolute Gasteiger partial charge is 0.260 e. The van der Waals surface area contributed by atoms with Gasteiger partial charge in [0.05, 0.1) is 11.2 Å². The van der Waals surface area contributed by atoms with Gasteiger partial charge < -0.3 is 9.73 Å². The molecule has 1 unspecified atom stereocenters.